The summed E-state index contributed by atoms with van der Waals surface area (Å²) < 4.78 is 37.5. The summed E-state index contributed by atoms with van der Waals surface area (Å²) in [6.07, 6.45) is 0. The maximum absolute atomic E-state index is 13.4. The number of azo groups is 1. The zero-order valence-corrected chi connectivity index (χ0v) is 24.6. The van der Waals surface area contributed by atoms with Gasteiger partial charge in [-0.1, -0.05) is 59.3 Å². The molecule has 0 atom stereocenters. The minimum absolute atomic E-state index is 0. The van der Waals surface area contributed by atoms with Crippen LogP contribution < -0.4 is 44.7 Å². The molecule has 38 heavy (non-hydrogen) atoms. The molecule has 0 aliphatic heterocycles. The van der Waals surface area contributed by atoms with Crippen molar-refractivity contribution >= 4 is 67.1 Å². The number of halogens is 2. The first-order valence-corrected chi connectivity index (χ1v) is 12.8. The fourth-order valence-electron chi connectivity index (χ4n) is 3.59. The molecule has 1 amide bonds. The van der Waals surface area contributed by atoms with Crippen LogP contribution in [-0.4, -0.2) is 26.0 Å². The Kier molecular flexibility index (Phi) is 9.43. The van der Waals surface area contributed by atoms with E-state index in [4.69, 9.17) is 27.9 Å². The van der Waals surface area contributed by atoms with Gasteiger partial charge in [-0.2, -0.15) is 18.6 Å². The van der Waals surface area contributed by atoms with E-state index >= 15 is 0 Å². The Bertz CT molecular complexity index is 1700. The first-order valence-electron chi connectivity index (χ1n) is 10.6. The zero-order chi connectivity index (χ0) is 26.9. The van der Waals surface area contributed by atoms with Crippen LogP contribution in [0.4, 0.5) is 17.1 Å². The topological polar surface area (TPSA) is 140 Å². The Labute approximate surface area is 250 Å². The van der Waals surface area contributed by atoms with Gasteiger partial charge in [-0.05, 0) is 48.2 Å². The van der Waals surface area contributed by atoms with Crippen molar-refractivity contribution < 1.29 is 57.2 Å². The Morgan fingerprint density at radius 3 is 2.42 bits per heavy atom. The molecule has 0 unspecified atom stereocenters. The average Bonchev–Trinajstić information content (AvgIpc) is 2.86. The van der Waals surface area contributed by atoms with Gasteiger partial charge in [0, 0.05) is 10.9 Å². The first-order chi connectivity index (χ1) is 17.5. The number of methoxy groups -OCH3 is 1. The molecule has 4 aromatic carbocycles. The molecular weight excluding hydrogens is 564 g/mol. The third kappa shape index (κ3) is 5.97. The molecule has 0 saturated carbocycles. The Morgan fingerprint density at radius 1 is 1.03 bits per heavy atom. The Morgan fingerprint density at radius 2 is 1.74 bits per heavy atom. The van der Waals surface area contributed by atoms with Crippen LogP contribution in [0.15, 0.2) is 75.8 Å². The van der Waals surface area contributed by atoms with Crippen molar-refractivity contribution in [1.29, 1.82) is 0 Å². The summed E-state index contributed by atoms with van der Waals surface area (Å²) in [4.78, 5) is 12.6. The molecule has 0 aliphatic rings. The smallest absolute Gasteiger partial charge is 0.870 e. The van der Waals surface area contributed by atoms with E-state index in [-0.39, 0.29) is 67.8 Å². The molecule has 0 bridgehead atoms. The number of anilines is 1. The maximum atomic E-state index is 13.4. The number of nitrogens with one attached hydrogen (secondary N) is 1. The van der Waals surface area contributed by atoms with E-state index in [0.717, 1.165) is 6.07 Å². The van der Waals surface area contributed by atoms with Gasteiger partial charge in [0.25, 0.3) is 16.0 Å². The number of hydrogen-bond acceptors (Lipinski definition) is 7. The first kappa shape index (κ1) is 29.9. The van der Waals surface area contributed by atoms with Crippen LogP contribution in [0.25, 0.3) is 10.8 Å². The maximum Gasteiger partial charge on any atom is 1.00 e. The van der Waals surface area contributed by atoms with E-state index < -0.39 is 26.7 Å². The Balaban J connectivity index is 0.00000400. The number of carbonyl (C=O) groups excluding carboxylic acids is 1. The number of benzene rings is 4. The van der Waals surface area contributed by atoms with Crippen LogP contribution in [0.5, 0.6) is 11.5 Å². The van der Waals surface area contributed by atoms with Crippen molar-refractivity contribution in [1.82, 2.24) is 0 Å². The van der Waals surface area contributed by atoms with Crippen molar-refractivity contribution in [2.45, 2.75) is 11.8 Å². The zero-order valence-electron chi connectivity index (χ0n) is 20.3. The monoisotopic (exact) mass is 581 g/mol. The number of fused-ring (bicyclic) bond motifs is 1. The summed E-state index contributed by atoms with van der Waals surface area (Å²) in [6.45, 7) is 1.49. The van der Waals surface area contributed by atoms with E-state index in [1.165, 1.54) is 26.2 Å². The molecule has 4 rings (SSSR count). The number of carbonyl (C=O) groups is 1. The van der Waals surface area contributed by atoms with Gasteiger partial charge in [0.15, 0.2) is 0 Å². The fourth-order valence-corrected chi connectivity index (χ4v) is 4.92. The predicted octanol–water partition coefficient (Wildman–Crippen LogP) is 3.46. The predicted molar refractivity (Wildman–Crippen MR) is 140 cm³/mol. The number of hydrogen-bond donors (Lipinski definition) is 2. The van der Waals surface area contributed by atoms with Gasteiger partial charge in [0.05, 0.1) is 29.2 Å². The van der Waals surface area contributed by atoms with Gasteiger partial charge in [-0.3, -0.25) is 9.35 Å². The van der Waals surface area contributed by atoms with Crippen LogP contribution in [0.2, 0.25) is 10.0 Å². The van der Waals surface area contributed by atoms with Crippen LogP contribution in [0.3, 0.4) is 0 Å². The van der Waals surface area contributed by atoms with Gasteiger partial charge in [-0.15, -0.1) is 0 Å². The molecule has 9 nitrogen and oxygen atoms in total. The molecule has 0 heterocycles. The molecule has 190 valence electrons. The van der Waals surface area contributed by atoms with E-state index in [2.05, 4.69) is 15.5 Å². The van der Waals surface area contributed by atoms with E-state index in [0.29, 0.717) is 16.5 Å². The summed E-state index contributed by atoms with van der Waals surface area (Å²) in [5.74, 6) is -1.04. The second-order valence-electron chi connectivity index (χ2n) is 7.80. The van der Waals surface area contributed by atoms with Crippen molar-refractivity contribution in [3.05, 3.63) is 81.8 Å². The molecule has 0 fully saturated rings. The number of ether oxygens (including phenoxy) is 1. The largest absolute Gasteiger partial charge is 1.00 e. The number of rotatable bonds is 6. The van der Waals surface area contributed by atoms with Gasteiger partial charge in [0.1, 0.15) is 15.7 Å². The summed E-state index contributed by atoms with van der Waals surface area (Å²) in [5.41, 5.74) is 0.348. The summed E-state index contributed by atoms with van der Waals surface area (Å²) in [7, 11) is -3.10. The standard InChI is InChI=1S/C25H19Cl2N3O6S.Na/c1-13-17(10-11-20(21(13)26)37(33,34)35)29-30-23-15-7-4-3-6-14(15)12-16(24(23)31)25(32)28-18-8-5-9-19(36-2)22(18)27;/h3-12,31H,1-2H3,(H,28,32)(H,33,34,35);/q;+1/p-1. The minimum atomic E-state index is -4.54. The molecule has 0 saturated heterocycles. The van der Waals surface area contributed by atoms with Gasteiger partial charge < -0.3 is 15.2 Å². The van der Waals surface area contributed by atoms with Crippen molar-refractivity contribution in [2.24, 2.45) is 10.2 Å². The molecular formula is C25H18Cl2N3NaO6S. The van der Waals surface area contributed by atoms with Crippen molar-refractivity contribution in [3.8, 4) is 11.5 Å². The fraction of sp³-hybridized carbons (Fsp3) is 0.0800. The third-order valence-electron chi connectivity index (χ3n) is 5.51. The quantitative estimate of drug-likeness (QED) is 0.203. The van der Waals surface area contributed by atoms with Gasteiger partial charge in [0.2, 0.25) is 0 Å². The van der Waals surface area contributed by atoms with Gasteiger partial charge in [-0.25, -0.2) is 0 Å². The third-order valence-corrected chi connectivity index (χ3v) is 7.39. The van der Waals surface area contributed by atoms with Crippen molar-refractivity contribution in [2.75, 3.05) is 12.4 Å². The second kappa shape index (κ2) is 12.0. The molecule has 0 spiro atoms. The van der Waals surface area contributed by atoms with E-state index in [1.807, 2.05) is 0 Å². The molecule has 13 heteroatoms. The molecule has 0 aromatic heterocycles. The molecule has 2 N–H and O–H groups in total. The number of amides is 1. The van der Waals surface area contributed by atoms with Crippen LogP contribution in [-0.2, 0) is 10.1 Å². The molecule has 0 radical (unpaired) electrons. The second-order valence-corrected chi connectivity index (χ2v) is 9.94. The molecule has 4 aromatic rings. The minimum Gasteiger partial charge on any atom is -0.870 e. The van der Waals surface area contributed by atoms with Gasteiger partial charge >= 0.3 is 29.6 Å². The van der Waals surface area contributed by atoms with Crippen molar-refractivity contribution in [3.63, 3.8) is 0 Å². The van der Waals surface area contributed by atoms with Crippen LogP contribution in [0.1, 0.15) is 15.9 Å². The van der Waals surface area contributed by atoms with Crippen LogP contribution >= 0.6 is 23.2 Å². The van der Waals surface area contributed by atoms with Crippen LogP contribution in [0, 0.1) is 6.92 Å². The molecule has 0 aliphatic carbocycles. The summed E-state index contributed by atoms with van der Waals surface area (Å²) in [6, 6.07) is 15.5. The average molecular weight is 582 g/mol. The van der Waals surface area contributed by atoms with E-state index in [1.54, 1.807) is 42.5 Å². The number of nitrogens with zero attached hydrogens (tertiary/aromatic N) is 2. The summed E-state index contributed by atoms with van der Waals surface area (Å²) in [5, 5.41) is 25.1. The summed E-state index contributed by atoms with van der Waals surface area (Å²) >= 11 is 12.4. The normalized spacial score (nSPS) is 11.4. The SMILES string of the molecule is COc1cccc(NC(=O)c2cc3ccccc3c(N=Nc3ccc(S(=O)(=O)O)c(Cl)c3C)c2[O-])c1Cl.[Na+]. The van der Waals surface area contributed by atoms with E-state index in [9.17, 15) is 22.9 Å². The Hall–Kier alpha value is -2.70.